The van der Waals surface area contributed by atoms with Gasteiger partial charge in [0.2, 0.25) is 10.0 Å². The molecule has 0 bridgehead atoms. The zero-order chi connectivity index (χ0) is 15.2. The second kappa shape index (κ2) is 7.32. The third kappa shape index (κ3) is 5.64. The van der Waals surface area contributed by atoms with Crippen molar-refractivity contribution < 1.29 is 13.5 Å². The fraction of sp³-hybridized carbons (Fsp3) is 0.467. The Balaban J connectivity index is 2.88. The van der Waals surface area contributed by atoms with Crippen molar-refractivity contribution in [2.45, 2.75) is 27.2 Å². The second-order valence-electron chi connectivity index (χ2n) is 5.09. The molecule has 0 spiro atoms. The monoisotopic (exact) mass is 295 g/mol. The molecule has 1 rings (SSSR count). The maximum Gasteiger partial charge on any atom is 0.232 e. The molecule has 5 heteroatoms. The van der Waals surface area contributed by atoms with Crippen LogP contribution in [-0.2, 0) is 10.0 Å². The van der Waals surface area contributed by atoms with Gasteiger partial charge in [0.1, 0.15) is 6.61 Å². The lowest BCUT2D eigenvalue weighted by molar-refractivity contribution is 0.350. The summed E-state index contributed by atoms with van der Waals surface area (Å²) >= 11 is 0. The molecule has 0 atom stereocenters. The van der Waals surface area contributed by atoms with E-state index in [9.17, 15) is 8.42 Å². The van der Waals surface area contributed by atoms with Gasteiger partial charge >= 0.3 is 0 Å². The van der Waals surface area contributed by atoms with Crippen molar-refractivity contribution in [3.63, 3.8) is 0 Å². The molecular weight excluding hydrogens is 274 g/mol. The fourth-order valence-electron chi connectivity index (χ4n) is 1.58. The molecule has 0 aliphatic rings. The Hall–Kier alpha value is -1.51. The molecule has 1 aromatic carbocycles. The normalized spacial score (nSPS) is 11.1. The van der Waals surface area contributed by atoms with Crippen molar-refractivity contribution in [1.82, 2.24) is 0 Å². The topological polar surface area (TPSA) is 66.4 Å². The van der Waals surface area contributed by atoms with Crippen LogP contribution in [0.4, 0.5) is 5.69 Å². The number of hydrogen-bond donors (Lipinski definition) is 2. The predicted octanol–water partition coefficient (Wildman–Crippen LogP) is 2.13. The lowest BCUT2D eigenvalue weighted by atomic mass is 10.1. The fourth-order valence-corrected chi connectivity index (χ4v) is 2.95. The summed E-state index contributed by atoms with van der Waals surface area (Å²) < 4.78 is 26.4. The summed E-state index contributed by atoms with van der Waals surface area (Å²) in [5, 5.41) is 8.71. The molecule has 0 unspecified atom stereocenters. The van der Waals surface area contributed by atoms with Crippen LogP contribution in [-0.4, -0.2) is 25.9 Å². The van der Waals surface area contributed by atoms with E-state index >= 15 is 0 Å². The van der Waals surface area contributed by atoms with E-state index < -0.39 is 10.0 Å². The van der Waals surface area contributed by atoms with Crippen molar-refractivity contribution in [2.75, 3.05) is 17.1 Å². The van der Waals surface area contributed by atoms with E-state index in [4.69, 9.17) is 5.11 Å². The largest absolute Gasteiger partial charge is 0.384 e. The smallest absolute Gasteiger partial charge is 0.232 e. The van der Waals surface area contributed by atoms with E-state index in [0.29, 0.717) is 23.6 Å². The van der Waals surface area contributed by atoms with Gasteiger partial charge in [0, 0.05) is 11.3 Å². The quantitative estimate of drug-likeness (QED) is 0.818. The molecule has 0 fully saturated rings. The first-order chi connectivity index (χ1) is 9.34. The highest BCUT2D eigenvalue weighted by Crippen LogP contribution is 2.16. The highest BCUT2D eigenvalue weighted by Gasteiger charge is 2.11. The maximum absolute atomic E-state index is 11.9. The van der Waals surface area contributed by atoms with Crippen LogP contribution >= 0.6 is 0 Å². The number of sulfonamides is 1. The summed E-state index contributed by atoms with van der Waals surface area (Å²) in [7, 11) is -3.33. The van der Waals surface area contributed by atoms with Crippen LogP contribution in [0.5, 0.6) is 0 Å². The number of benzene rings is 1. The first-order valence-corrected chi connectivity index (χ1v) is 8.20. The second-order valence-corrected chi connectivity index (χ2v) is 6.93. The van der Waals surface area contributed by atoms with Crippen LogP contribution in [0.25, 0.3) is 0 Å². The lowest BCUT2D eigenvalue weighted by Crippen LogP contribution is -2.18. The molecule has 0 heterocycles. The van der Waals surface area contributed by atoms with Gasteiger partial charge in [-0.2, -0.15) is 0 Å². The molecular formula is C15H21NO3S. The summed E-state index contributed by atoms with van der Waals surface area (Å²) in [6.45, 7) is 5.65. The molecule has 2 N–H and O–H groups in total. The maximum atomic E-state index is 11.9. The molecule has 4 nitrogen and oxygen atoms in total. The van der Waals surface area contributed by atoms with Gasteiger partial charge in [0.25, 0.3) is 0 Å². The van der Waals surface area contributed by atoms with E-state index in [2.05, 4.69) is 16.6 Å². The van der Waals surface area contributed by atoms with E-state index in [1.165, 1.54) is 0 Å². The average molecular weight is 295 g/mol. The summed E-state index contributed by atoms with van der Waals surface area (Å²) in [6, 6.07) is 5.21. The molecule has 0 saturated carbocycles. The number of rotatable bonds is 5. The van der Waals surface area contributed by atoms with Crippen molar-refractivity contribution in [3.05, 3.63) is 29.3 Å². The van der Waals surface area contributed by atoms with Crippen LogP contribution in [0.15, 0.2) is 18.2 Å². The number of hydrogen-bond acceptors (Lipinski definition) is 3. The van der Waals surface area contributed by atoms with Crippen LogP contribution < -0.4 is 4.72 Å². The lowest BCUT2D eigenvalue weighted by Gasteiger charge is -2.10. The van der Waals surface area contributed by atoms with E-state index in [0.717, 1.165) is 5.56 Å². The van der Waals surface area contributed by atoms with Crippen LogP contribution in [0.3, 0.4) is 0 Å². The molecule has 0 aromatic heterocycles. The molecule has 0 aliphatic heterocycles. The Labute approximate surface area is 121 Å². The number of aliphatic hydroxyl groups excluding tert-OH is 1. The van der Waals surface area contributed by atoms with Gasteiger partial charge in [-0.1, -0.05) is 31.8 Å². The Kier molecular flexibility index (Phi) is 6.05. The van der Waals surface area contributed by atoms with Gasteiger partial charge in [0.15, 0.2) is 0 Å². The van der Waals surface area contributed by atoms with Crippen molar-refractivity contribution in [2.24, 2.45) is 5.92 Å². The summed E-state index contributed by atoms with van der Waals surface area (Å²) in [5.74, 6) is 5.82. The van der Waals surface area contributed by atoms with Gasteiger partial charge in [-0.25, -0.2) is 8.42 Å². The van der Waals surface area contributed by atoms with E-state index in [1.807, 2.05) is 26.8 Å². The summed E-state index contributed by atoms with van der Waals surface area (Å²) in [4.78, 5) is 0. The standard InChI is InChI=1S/C15H21NO3S/c1-12(2)8-10-20(18,19)16-15-7-6-13(3)14(11-15)5-4-9-17/h6-7,11-12,16-17H,8-10H2,1-3H3. The van der Waals surface area contributed by atoms with Crippen LogP contribution in [0.2, 0.25) is 0 Å². The van der Waals surface area contributed by atoms with Gasteiger partial charge in [-0.3, -0.25) is 4.72 Å². The zero-order valence-electron chi connectivity index (χ0n) is 12.1. The minimum Gasteiger partial charge on any atom is -0.384 e. The Morgan fingerprint density at radius 2 is 2.05 bits per heavy atom. The molecule has 20 heavy (non-hydrogen) atoms. The third-order valence-corrected chi connectivity index (χ3v) is 4.10. The van der Waals surface area contributed by atoms with Crippen molar-refractivity contribution >= 4 is 15.7 Å². The Bertz CT molecular complexity index is 610. The first-order valence-electron chi connectivity index (χ1n) is 6.55. The minimum absolute atomic E-state index is 0.107. The SMILES string of the molecule is Cc1ccc(NS(=O)(=O)CCC(C)C)cc1C#CCO. The van der Waals surface area contributed by atoms with Gasteiger partial charge in [0.05, 0.1) is 5.75 Å². The van der Waals surface area contributed by atoms with Gasteiger partial charge in [-0.05, 0) is 37.0 Å². The Morgan fingerprint density at radius 1 is 1.35 bits per heavy atom. The van der Waals surface area contributed by atoms with E-state index in [-0.39, 0.29) is 12.4 Å². The van der Waals surface area contributed by atoms with Crippen molar-refractivity contribution in [3.8, 4) is 11.8 Å². The summed E-state index contributed by atoms with van der Waals surface area (Å²) in [5.41, 5.74) is 2.15. The minimum atomic E-state index is -3.33. The average Bonchev–Trinajstić information content (AvgIpc) is 2.37. The van der Waals surface area contributed by atoms with Crippen LogP contribution in [0, 0.1) is 24.7 Å². The Morgan fingerprint density at radius 3 is 2.65 bits per heavy atom. The number of nitrogens with one attached hydrogen (secondary N) is 1. The molecule has 0 amide bonds. The highest BCUT2D eigenvalue weighted by molar-refractivity contribution is 7.92. The molecule has 1 aromatic rings. The van der Waals surface area contributed by atoms with Crippen LogP contribution in [0.1, 0.15) is 31.4 Å². The van der Waals surface area contributed by atoms with Gasteiger partial charge < -0.3 is 5.11 Å². The molecule has 0 saturated heterocycles. The molecule has 0 radical (unpaired) electrons. The highest BCUT2D eigenvalue weighted by atomic mass is 32.2. The first kappa shape index (κ1) is 16.5. The van der Waals surface area contributed by atoms with Gasteiger partial charge in [-0.15, -0.1) is 0 Å². The van der Waals surface area contributed by atoms with E-state index in [1.54, 1.807) is 12.1 Å². The number of aliphatic hydroxyl groups is 1. The zero-order valence-corrected chi connectivity index (χ0v) is 12.9. The number of aryl methyl sites for hydroxylation is 1. The summed E-state index contributed by atoms with van der Waals surface area (Å²) in [6.07, 6.45) is 0.623. The molecule has 110 valence electrons. The third-order valence-electron chi connectivity index (χ3n) is 2.78. The predicted molar refractivity (Wildman–Crippen MR) is 82.0 cm³/mol. The number of anilines is 1. The van der Waals surface area contributed by atoms with Crippen molar-refractivity contribution in [1.29, 1.82) is 0 Å². The molecule has 0 aliphatic carbocycles.